The molecule has 2 atom stereocenters. The molecule has 0 radical (unpaired) electrons. The molecule has 3 heterocycles. The van der Waals surface area contributed by atoms with Crippen molar-refractivity contribution in [1.29, 1.82) is 0 Å². The molecule has 0 bridgehead atoms. The van der Waals surface area contributed by atoms with Crippen molar-refractivity contribution in [3.63, 3.8) is 0 Å². The molecule has 2 fully saturated rings. The molecule has 7 heteroatoms. The van der Waals surface area contributed by atoms with Crippen molar-refractivity contribution in [2.45, 2.75) is 38.2 Å². The van der Waals surface area contributed by atoms with Crippen LogP contribution in [0.4, 0.5) is 0 Å². The zero-order valence-electron chi connectivity index (χ0n) is 16.9. The van der Waals surface area contributed by atoms with Crippen molar-refractivity contribution in [1.82, 2.24) is 25.1 Å². The second-order valence-corrected chi connectivity index (χ2v) is 8.50. The van der Waals surface area contributed by atoms with E-state index in [2.05, 4.69) is 16.4 Å². The number of piperidine rings is 1. The number of hydrogen-bond acceptors (Lipinski definition) is 6. The predicted octanol–water partition coefficient (Wildman–Crippen LogP) is 2.65. The molecule has 2 aromatic heterocycles. The molecule has 1 saturated heterocycles. The first kappa shape index (κ1) is 18.5. The maximum absolute atomic E-state index is 9.53. The van der Waals surface area contributed by atoms with Gasteiger partial charge in [0.15, 0.2) is 0 Å². The quantitative estimate of drug-likeness (QED) is 0.693. The first-order valence-electron chi connectivity index (χ1n) is 10.4. The lowest BCUT2D eigenvalue weighted by atomic mass is 9.92. The number of aliphatic hydroxyl groups excluding tert-OH is 1. The number of nitrogens with one attached hydrogen (secondary N) is 1. The third-order valence-electron chi connectivity index (χ3n) is 6.54. The highest BCUT2D eigenvalue weighted by Crippen LogP contribution is 2.53. The molecule has 3 aromatic rings. The van der Waals surface area contributed by atoms with Crippen LogP contribution in [0, 0.1) is 5.41 Å². The Hall–Kier alpha value is -2.51. The lowest BCUT2D eigenvalue weighted by Crippen LogP contribution is -2.45. The van der Waals surface area contributed by atoms with Gasteiger partial charge in [0, 0.05) is 36.9 Å². The van der Waals surface area contributed by atoms with Gasteiger partial charge < -0.3 is 15.2 Å². The van der Waals surface area contributed by atoms with E-state index in [-0.39, 0.29) is 18.6 Å². The second-order valence-electron chi connectivity index (χ2n) is 8.50. The molecule has 2 N–H and O–H groups in total. The minimum atomic E-state index is 0.0711. The Bertz CT molecular complexity index is 1040. The Kier molecular flexibility index (Phi) is 4.52. The molecule has 152 valence electrons. The Balaban J connectivity index is 1.49. The van der Waals surface area contributed by atoms with E-state index < -0.39 is 0 Å². The highest BCUT2D eigenvalue weighted by molar-refractivity contribution is 5.92. The Morgan fingerprint density at radius 2 is 2.17 bits per heavy atom. The number of rotatable bonds is 5. The van der Waals surface area contributed by atoms with Crippen LogP contribution in [-0.2, 0) is 7.05 Å². The van der Waals surface area contributed by atoms with E-state index in [1.807, 2.05) is 30.8 Å². The lowest BCUT2D eigenvalue weighted by molar-refractivity contribution is 0.0844. The third kappa shape index (κ3) is 3.28. The van der Waals surface area contributed by atoms with Crippen LogP contribution in [0.3, 0.4) is 0 Å². The van der Waals surface area contributed by atoms with Gasteiger partial charge in [-0.2, -0.15) is 5.10 Å². The van der Waals surface area contributed by atoms with Gasteiger partial charge in [-0.15, -0.1) is 0 Å². The Labute approximate surface area is 170 Å². The van der Waals surface area contributed by atoms with E-state index in [0.717, 1.165) is 35.2 Å². The fourth-order valence-electron chi connectivity index (χ4n) is 4.40. The summed E-state index contributed by atoms with van der Waals surface area (Å²) in [5, 5.41) is 18.7. The normalized spacial score (nSPS) is 21.4. The van der Waals surface area contributed by atoms with Crippen LogP contribution in [0.25, 0.3) is 22.3 Å². The van der Waals surface area contributed by atoms with Crippen LogP contribution in [-0.4, -0.2) is 50.7 Å². The number of hydrogen-bond donors (Lipinski definition) is 2. The van der Waals surface area contributed by atoms with E-state index in [1.165, 1.54) is 19.3 Å². The lowest BCUT2D eigenvalue weighted by Gasteiger charge is -2.32. The van der Waals surface area contributed by atoms with Gasteiger partial charge in [0.25, 0.3) is 0 Å². The van der Waals surface area contributed by atoms with E-state index in [1.54, 1.807) is 12.4 Å². The largest absolute Gasteiger partial charge is 0.471 e. The van der Waals surface area contributed by atoms with Gasteiger partial charge in [0.2, 0.25) is 5.88 Å². The first-order chi connectivity index (χ1) is 14.1. The van der Waals surface area contributed by atoms with E-state index in [9.17, 15) is 5.11 Å². The summed E-state index contributed by atoms with van der Waals surface area (Å²) in [6.07, 6.45) is 7.23. The van der Waals surface area contributed by atoms with Gasteiger partial charge in [-0.3, -0.25) is 9.67 Å². The summed E-state index contributed by atoms with van der Waals surface area (Å²) in [5.41, 5.74) is 3.93. The van der Waals surface area contributed by atoms with Gasteiger partial charge in [-0.1, -0.05) is 13.0 Å². The van der Waals surface area contributed by atoms with Crippen LogP contribution in [0.15, 0.2) is 30.6 Å². The maximum Gasteiger partial charge on any atom is 0.233 e. The smallest absolute Gasteiger partial charge is 0.233 e. The third-order valence-corrected chi connectivity index (χ3v) is 6.54. The summed E-state index contributed by atoms with van der Waals surface area (Å²) in [6, 6.07) is 6.19. The fraction of sp³-hybridized carbons (Fsp3) is 0.500. The Morgan fingerprint density at radius 3 is 2.97 bits per heavy atom. The molecular weight excluding hydrogens is 366 g/mol. The van der Waals surface area contributed by atoms with Crippen LogP contribution < -0.4 is 10.1 Å². The molecule has 29 heavy (non-hydrogen) atoms. The molecule has 0 amide bonds. The minimum absolute atomic E-state index is 0.0711. The monoisotopic (exact) mass is 393 g/mol. The van der Waals surface area contributed by atoms with Crippen molar-refractivity contribution in [3.8, 4) is 17.3 Å². The van der Waals surface area contributed by atoms with Gasteiger partial charge in [-0.05, 0) is 43.5 Å². The van der Waals surface area contributed by atoms with Crippen LogP contribution in [0.2, 0.25) is 0 Å². The molecule has 1 aliphatic heterocycles. The van der Waals surface area contributed by atoms with Crippen LogP contribution >= 0.6 is 0 Å². The average molecular weight is 393 g/mol. The van der Waals surface area contributed by atoms with Crippen molar-refractivity contribution in [2.75, 3.05) is 19.7 Å². The maximum atomic E-state index is 9.53. The summed E-state index contributed by atoms with van der Waals surface area (Å²) in [7, 11) is 1.93. The molecule has 1 saturated carbocycles. The van der Waals surface area contributed by atoms with Gasteiger partial charge in [0.1, 0.15) is 17.5 Å². The number of benzene rings is 1. The molecule has 5 rings (SSSR count). The van der Waals surface area contributed by atoms with Crippen molar-refractivity contribution >= 4 is 10.9 Å². The summed E-state index contributed by atoms with van der Waals surface area (Å²) in [5.74, 6) is 0.628. The number of ether oxygens (including phenoxy) is 1. The van der Waals surface area contributed by atoms with Gasteiger partial charge in [-0.25, -0.2) is 4.98 Å². The van der Waals surface area contributed by atoms with E-state index >= 15 is 0 Å². The van der Waals surface area contributed by atoms with Crippen molar-refractivity contribution in [3.05, 3.63) is 36.2 Å². The van der Waals surface area contributed by atoms with Crippen LogP contribution in [0.1, 0.15) is 37.7 Å². The zero-order chi connectivity index (χ0) is 20.0. The molecule has 7 nitrogen and oxygen atoms in total. The molecular formula is C22H27N5O2. The number of aliphatic hydroxyl groups is 1. The summed E-state index contributed by atoms with van der Waals surface area (Å²) < 4.78 is 8.15. The summed E-state index contributed by atoms with van der Waals surface area (Å²) in [4.78, 5) is 9.14. The molecule has 1 aliphatic carbocycles. The van der Waals surface area contributed by atoms with E-state index in [0.29, 0.717) is 17.0 Å². The second kappa shape index (κ2) is 7.07. The number of fused-ring (bicyclic) bond motifs is 1. The molecule has 2 aliphatic rings. The highest BCUT2D eigenvalue weighted by atomic mass is 16.5. The highest BCUT2D eigenvalue weighted by Gasteiger charge is 2.52. The van der Waals surface area contributed by atoms with E-state index in [4.69, 9.17) is 14.8 Å². The topological polar surface area (TPSA) is 85.1 Å². The summed E-state index contributed by atoms with van der Waals surface area (Å²) >= 11 is 0. The average Bonchev–Trinajstić information content (AvgIpc) is 3.45. The SMILES string of the molecule is CC(CO)c1ccc2c(c1)c(-c1cncc(O[C@H]3CNCCC34CC4)n1)nn2C. The fourth-order valence-corrected chi connectivity index (χ4v) is 4.40. The zero-order valence-corrected chi connectivity index (χ0v) is 16.9. The summed E-state index contributed by atoms with van der Waals surface area (Å²) in [6.45, 7) is 4.06. The standard InChI is InChI=1S/C22H27N5O2/c1-14(13-28)15-3-4-18-16(9-15)21(26-27(18)2)17-10-24-12-20(25-17)29-19-11-23-8-7-22(19)5-6-22/h3-4,9-10,12,14,19,23,28H,5-8,11,13H2,1-2H3/t14?,19-/m0/s1. The van der Waals surface area contributed by atoms with Gasteiger partial charge >= 0.3 is 0 Å². The van der Waals surface area contributed by atoms with Crippen molar-refractivity contribution in [2.24, 2.45) is 12.5 Å². The van der Waals surface area contributed by atoms with Crippen molar-refractivity contribution < 1.29 is 9.84 Å². The van der Waals surface area contributed by atoms with Crippen LogP contribution in [0.5, 0.6) is 5.88 Å². The first-order valence-corrected chi connectivity index (χ1v) is 10.4. The number of aryl methyl sites for hydroxylation is 1. The van der Waals surface area contributed by atoms with Gasteiger partial charge in [0.05, 0.1) is 17.9 Å². The Morgan fingerprint density at radius 1 is 1.31 bits per heavy atom. The molecule has 1 spiro atoms. The molecule has 1 aromatic carbocycles. The number of aromatic nitrogens is 4. The number of nitrogens with zero attached hydrogens (tertiary/aromatic N) is 4. The predicted molar refractivity (Wildman–Crippen MR) is 111 cm³/mol. The molecule has 1 unspecified atom stereocenters. The minimum Gasteiger partial charge on any atom is -0.471 e.